The van der Waals surface area contributed by atoms with Gasteiger partial charge in [0.1, 0.15) is 11.9 Å². The van der Waals surface area contributed by atoms with Gasteiger partial charge >= 0.3 is 5.97 Å². The molecule has 0 radical (unpaired) electrons. The lowest BCUT2D eigenvalue weighted by Gasteiger charge is -2.31. The molecular formula is C16H19FN2O2. The lowest BCUT2D eigenvalue weighted by Crippen LogP contribution is -2.39. The van der Waals surface area contributed by atoms with Crippen LogP contribution in [0.3, 0.4) is 0 Å². The van der Waals surface area contributed by atoms with Crippen molar-refractivity contribution in [2.24, 2.45) is 5.92 Å². The molecule has 0 aromatic heterocycles. The van der Waals surface area contributed by atoms with Crippen LogP contribution in [-0.2, 0) is 16.1 Å². The average molecular weight is 290 g/mol. The van der Waals surface area contributed by atoms with E-state index in [-0.39, 0.29) is 17.5 Å². The Morgan fingerprint density at radius 3 is 3.10 bits per heavy atom. The normalized spacial score (nSPS) is 19.0. The Hall–Kier alpha value is -1.93. The van der Waals surface area contributed by atoms with Crippen LogP contribution in [0.2, 0.25) is 0 Å². The van der Waals surface area contributed by atoms with Crippen molar-refractivity contribution in [2.45, 2.75) is 26.3 Å². The predicted molar refractivity (Wildman–Crippen MR) is 75.7 cm³/mol. The number of esters is 1. The fourth-order valence-electron chi connectivity index (χ4n) is 2.68. The monoisotopic (exact) mass is 290 g/mol. The Morgan fingerprint density at radius 2 is 2.38 bits per heavy atom. The minimum absolute atomic E-state index is 0.0615. The number of hydrogen-bond donors (Lipinski definition) is 0. The van der Waals surface area contributed by atoms with E-state index in [1.165, 1.54) is 6.07 Å². The summed E-state index contributed by atoms with van der Waals surface area (Å²) in [5.74, 6) is -0.771. The Balaban J connectivity index is 2.03. The Kier molecular flexibility index (Phi) is 5.29. The highest BCUT2D eigenvalue weighted by molar-refractivity contribution is 5.72. The van der Waals surface area contributed by atoms with Gasteiger partial charge < -0.3 is 4.74 Å². The van der Waals surface area contributed by atoms with Gasteiger partial charge in [-0.2, -0.15) is 5.26 Å². The van der Waals surface area contributed by atoms with Crippen molar-refractivity contribution in [3.8, 4) is 6.07 Å². The topological polar surface area (TPSA) is 53.3 Å². The molecule has 1 saturated heterocycles. The number of carbonyl (C=O) groups excluding carboxylic acids is 1. The predicted octanol–water partition coefficient (Wildman–Crippen LogP) is 2.47. The van der Waals surface area contributed by atoms with E-state index in [2.05, 4.69) is 0 Å². The molecule has 1 aromatic carbocycles. The van der Waals surface area contributed by atoms with Gasteiger partial charge in [0.25, 0.3) is 0 Å². The number of piperidine rings is 1. The first-order chi connectivity index (χ1) is 10.2. The standard InChI is InChI=1S/C16H19FN2O2/c1-2-21-16(20)14-7-4-8-19(11-14)10-13-6-3-5-12(9-18)15(13)17/h3,5-6,14H,2,4,7-8,10-11H2,1H3/t14-/m0/s1. The van der Waals surface area contributed by atoms with Gasteiger partial charge in [-0.15, -0.1) is 0 Å². The third kappa shape index (κ3) is 3.79. The van der Waals surface area contributed by atoms with Gasteiger partial charge in [0.2, 0.25) is 0 Å². The van der Waals surface area contributed by atoms with E-state index in [1.807, 2.05) is 11.0 Å². The van der Waals surface area contributed by atoms with Gasteiger partial charge in [0, 0.05) is 18.7 Å². The molecule has 1 aliphatic rings. The second-order valence-electron chi connectivity index (χ2n) is 5.22. The minimum Gasteiger partial charge on any atom is -0.466 e. The maximum atomic E-state index is 14.1. The number of likely N-dealkylation sites (tertiary alicyclic amines) is 1. The van der Waals surface area contributed by atoms with E-state index in [0.29, 0.717) is 25.3 Å². The molecule has 1 aliphatic heterocycles. The van der Waals surface area contributed by atoms with Crippen LogP contribution < -0.4 is 0 Å². The van der Waals surface area contributed by atoms with E-state index >= 15 is 0 Å². The summed E-state index contributed by atoms with van der Waals surface area (Å²) in [6.07, 6.45) is 1.71. The van der Waals surface area contributed by atoms with Crippen molar-refractivity contribution in [3.63, 3.8) is 0 Å². The Labute approximate surface area is 124 Å². The first-order valence-electron chi connectivity index (χ1n) is 7.22. The highest BCUT2D eigenvalue weighted by Crippen LogP contribution is 2.21. The zero-order valence-corrected chi connectivity index (χ0v) is 12.1. The molecule has 1 aromatic rings. The summed E-state index contributed by atoms with van der Waals surface area (Å²) >= 11 is 0. The van der Waals surface area contributed by atoms with Crippen LogP contribution in [0.15, 0.2) is 18.2 Å². The summed E-state index contributed by atoms with van der Waals surface area (Å²) in [4.78, 5) is 13.8. The minimum atomic E-state index is -0.460. The van der Waals surface area contributed by atoms with Crippen LogP contribution in [0, 0.1) is 23.1 Å². The summed E-state index contributed by atoms with van der Waals surface area (Å²) in [7, 11) is 0. The summed E-state index contributed by atoms with van der Waals surface area (Å²) in [5, 5.41) is 8.86. The van der Waals surface area contributed by atoms with E-state index in [9.17, 15) is 9.18 Å². The van der Waals surface area contributed by atoms with Crippen molar-refractivity contribution in [1.82, 2.24) is 4.90 Å². The van der Waals surface area contributed by atoms with Gasteiger partial charge in [-0.1, -0.05) is 12.1 Å². The molecule has 0 aliphatic carbocycles. The number of benzene rings is 1. The summed E-state index contributed by atoms with van der Waals surface area (Å²) < 4.78 is 19.1. The molecule has 2 rings (SSSR count). The molecular weight excluding hydrogens is 271 g/mol. The molecule has 5 heteroatoms. The first kappa shape index (κ1) is 15.5. The van der Waals surface area contributed by atoms with Crippen molar-refractivity contribution >= 4 is 5.97 Å². The summed E-state index contributed by atoms with van der Waals surface area (Å²) in [6, 6.07) is 6.69. The van der Waals surface area contributed by atoms with Gasteiger partial charge in [-0.25, -0.2) is 4.39 Å². The molecule has 1 heterocycles. The van der Waals surface area contributed by atoms with Gasteiger partial charge in [0.15, 0.2) is 0 Å². The van der Waals surface area contributed by atoms with E-state index in [0.717, 1.165) is 19.4 Å². The number of nitriles is 1. The van der Waals surface area contributed by atoms with Crippen LogP contribution in [0.4, 0.5) is 4.39 Å². The maximum Gasteiger partial charge on any atom is 0.310 e. The maximum absolute atomic E-state index is 14.1. The van der Waals surface area contributed by atoms with Crippen molar-refractivity contribution in [1.29, 1.82) is 5.26 Å². The van der Waals surface area contributed by atoms with E-state index in [4.69, 9.17) is 10.00 Å². The van der Waals surface area contributed by atoms with Gasteiger partial charge in [-0.3, -0.25) is 9.69 Å². The third-order valence-electron chi connectivity index (χ3n) is 3.72. The average Bonchev–Trinajstić information content (AvgIpc) is 2.50. The van der Waals surface area contributed by atoms with Crippen molar-refractivity contribution in [3.05, 3.63) is 35.1 Å². The third-order valence-corrected chi connectivity index (χ3v) is 3.72. The lowest BCUT2D eigenvalue weighted by molar-refractivity contribution is -0.150. The number of ether oxygens (including phenoxy) is 1. The molecule has 0 amide bonds. The molecule has 0 bridgehead atoms. The SMILES string of the molecule is CCOC(=O)[C@H]1CCCN(Cc2cccc(C#N)c2F)C1. The molecule has 0 unspecified atom stereocenters. The van der Waals surface area contributed by atoms with E-state index in [1.54, 1.807) is 19.1 Å². The molecule has 112 valence electrons. The zero-order valence-electron chi connectivity index (χ0n) is 12.1. The fraction of sp³-hybridized carbons (Fsp3) is 0.500. The smallest absolute Gasteiger partial charge is 0.310 e. The van der Waals surface area contributed by atoms with Crippen LogP contribution >= 0.6 is 0 Å². The first-order valence-corrected chi connectivity index (χ1v) is 7.22. The summed E-state index contributed by atoms with van der Waals surface area (Å²) in [5.41, 5.74) is 0.560. The van der Waals surface area contributed by atoms with Crippen LogP contribution in [0.1, 0.15) is 30.9 Å². The van der Waals surface area contributed by atoms with Crippen molar-refractivity contribution < 1.29 is 13.9 Å². The molecule has 21 heavy (non-hydrogen) atoms. The second kappa shape index (κ2) is 7.19. The molecule has 1 atom stereocenters. The molecule has 0 saturated carbocycles. The van der Waals surface area contributed by atoms with Crippen molar-refractivity contribution in [2.75, 3.05) is 19.7 Å². The second-order valence-corrected chi connectivity index (χ2v) is 5.22. The zero-order chi connectivity index (χ0) is 15.2. The Bertz CT molecular complexity index is 554. The summed E-state index contributed by atoms with van der Waals surface area (Å²) in [6.45, 7) is 3.99. The van der Waals surface area contributed by atoms with Crippen LogP contribution in [0.5, 0.6) is 0 Å². The number of halogens is 1. The Morgan fingerprint density at radius 1 is 1.57 bits per heavy atom. The number of rotatable bonds is 4. The van der Waals surface area contributed by atoms with E-state index < -0.39 is 5.82 Å². The van der Waals surface area contributed by atoms with Crippen LogP contribution in [0.25, 0.3) is 0 Å². The highest BCUT2D eigenvalue weighted by atomic mass is 19.1. The fourth-order valence-corrected chi connectivity index (χ4v) is 2.68. The van der Waals surface area contributed by atoms with Crippen LogP contribution in [-0.4, -0.2) is 30.6 Å². The molecule has 0 spiro atoms. The van der Waals surface area contributed by atoms with Gasteiger partial charge in [0.05, 0.1) is 18.1 Å². The molecule has 1 fully saturated rings. The lowest BCUT2D eigenvalue weighted by atomic mass is 9.97. The highest BCUT2D eigenvalue weighted by Gasteiger charge is 2.27. The van der Waals surface area contributed by atoms with Gasteiger partial charge in [-0.05, 0) is 32.4 Å². The molecule has 4 nitrogen and oxygen atoms in total. The largest absolute Gasteiger partial charge is 0.466 e. The quantitative estimate of drug-likeness (QED) is 0.799. The number of hydrogen-bond acceptors (Lipinski definition) is 4. The number of nitrogens with zero attached hydrogens (tertiary/aromatic N) is 2. The molecule has 0 N–H and O–H groups in total. The number of carbonyl (C=O) groups is 1.